The van der Waals surface area contributed by atoms with Crippen molar-refractivity contribution in [3.05, 3.63) is 78.0 Å². The van der Waals surface area contributed by atoms with E-state index in [0.29, 0.717) is 53.6 Å². The molecule has 0 fully saturated rings. The largest absolute Gasteiger partial charge is 0.369 e. The molecule has 13 heteroatoms. The molecule has 0 bridgehead atoms. The standard InChI is InChI=1S/C35H47N9O4/c1-8-18-37-32-29(21-38-35(42-32)41-26-16-14-25(15-17-26)31(36)46)34(48)40-28-12-9-11-27(20-28)39-33(47)24(6)43(7)30(45)13-10-19-44(22(2)3)23(4)5/h9-17,20-24H,8,18-19H2,1-7H3,(H2,36,46)(H,39,47)(H,40,48)(H2,37,38,41,42)/t24-/m0/s1. The van der Waals surface area contributed by atoms with Gasteiger partial charge in [-0.15, -0.1) is 0 Å². The number of likely N-dealkylation sites (N-methyl/N-ethyl adjacent to an activating group) is 1. The third-order valence-electron chi connectivity index (χ3n) is 7.60. The second kappa shape index (κ2) is 17.6. The van der Waals surface area contributed by atoms with Gasteiger partial charge in [0, 0.05) is 67.1 Å². The number of carbonyl (C=O) groups is 4. The van der Waals surface area contributed by atoms with Crippen molar-refractivity contribution in [2.75, 3.05) is 41.4 Å². The van der Waals surface area contributed by atoms with Crippen LogP contribution in [0.1, 0.15) is 68.7 Å². The van der Waals surface area contributed by atoms with E-state index in [0.717, 1.165) is 6.42 Å². The number of benzene rings is 2. The normalized spacial score (nSPS) is 11.9. The molecule has 0 aliphatic carbocycles. The van der Waals surface area contributed by atoms with Gasteiger partial charge in [0.2, 0.25) is 23.7 Å². The highest BCUT2D eigenvalue weighted by Gasteiger charge is 2.22. The zero-order valence-electron chi connectivity index (χ0n) is 28.7. The number of primary amides is 1. The number of rotatable bonds is 16. The van der Waals surface area contributed by atoms with Crippen LogP contribution in [0.5, 0.6) is 0 Å². The van der Waals surface area contributed by atoms with Crippen molar-refractivity contribution in [2.45, 2.75) is 66.1 Å². The maximum absolute atomic E-state index is 13.3. The quantitative estimate of drug-likeness (QED) is 0.135. The molecule has 6 N–H and O–H groups in total. The predicted octanol–water partition coefficient (Wildman–Crippen LogP) is 4.85. The topological polar surface area (TPSA) is 175 Å². The van der Waals surface area contributed by atoms with Crippen molar-refractivity contribution in [3.8, 4) is 0 Å². The Bertz CT molecular complexity index is 1600. The summed E-state index contributed by atoms with van der Waals surface area (Å²) < 4.78 is 0. The van der Waals surface area contributed by atoms with Crippen LogP contribution in [0.4, 0.5) is 28.8 Å². The Morgan fingerprint density at radius 1 is 0.917 bits per heavy atom. The van der Waals surface area contributed by atoms with Crippen LogP contribution in [-0.4, -0.2) is 81.7 Å². The molecule has 0 saturated carbocycles. The van der Waals surface area contributed by atoms with Gasteiger partial charge in [-0.25, -0.2) is 4.98 Å². The van der Waals surface area contributed by atoms with Crippen molar-refractivity contribution in [3.63, 3.8) is 0 Å². The van der Waals surface area contributed by atoms with Crippen molar-refractivity contribution in [1.29, 1.82) is 0 Å². The number of nitrogens with zero attached hydrogens (tertiary/aromatic N) is 4. The fourth-order valence-corrected chi connectivity index (χ4v) is 4.73. The summed E-state index contributed by atoms with van der Waals surface area (Å²) in [6.07, 6.45) is 5.53. The van der Waals surface area contributed by atoms with Gasteiger partial charge in [-0.2, -0.15) is 4.98 Å². The van der Waals surface area contributed by atoms with Crippen LogP contribution in [0, 0.1) is 0 Å². The van der Waals surface area contributed by atoms with E-state index >= 15 is 0 Å². The number of hydrogen-bond acceptors (Lipinski definition) is 9. The summed E-state index contributed by atoms with van der Waals surface area (Å²) in [5.74, 6) is -1.04. The van der Waals surface area contributed by atoms with Gasteiger partial charge < -0.3 is 31.9 Å². The SMILES string of the molecule is CCCNc1nc(Nc2ccc(C(N)=O)cc2)ncc1C(=O)Nc1cccc(NC(=O)[C@H](C)N(C)C(=O)C=CCN(C(C)C)C(C)C)c1. The molecule has 0 aliphatic rings. The van der Waals surface area contributed by atoms with Gasteiger partial charge in [-0.05, 0) is 83.5 Å². The van der Waals surface area contributed by atoms with Gasteiger partial charge in [-0.3, -0.25) is 24.1 Å². The van der Waals surface area contributed by atoms with Gasteiger partial charge in [0.05, 0.1) is 0 Å². The molecule has 0 aliphatic heterocycles. The van der Waals surface area contributed by atoms with E-state index in [9.17, 15) is 19.2 Å². The van der Waals surface area contributed by atoms with E-state index < -0.39 is 17.9 Å². The average Bonchev–Trinajstić information content (AvgIpc) is 3.04. The highest BCUT2D eigenvalue weighted by atomic mass is 16.2. The van der Waals surface area contributed by atoms with Gasteiger partial charge in [0.15, 0.2) is 0 Å². The lowest BCUT2D eigenvalue weighted by atomic mass is 10.2. The molecule has 3 rings (SSSR count). The molecular weight excluding hydrogens is 610 g/mol. The van der Waals surface area contributed by atoms with Crippen LogP contribution in [0.25, 0.3) is 0 Å². The lowest BCUT2D eigenvalue weighted by Gasteiger charge is -2.29. The minimum absolute atomic E-state index is 0.222. The Morgan fingerprint density at radius 2 is 1.56 bits per heavy atom. The highest BCUT2D eigenvalue weighted by molar-refractivity contribution is 6.08. The Balaban J connectivity index is 1.66. The van der Waals surface area contributed by atoms with Crippen molar-refractivity contribution in [2.24, 2.45) is 5.73 Å². The van der Waals surface area contributed by atoms with Crippen LogP contribution >= 0.6 is 0 Å². The Labute approximate surface area is 282 Å². The smallest absolute Gasteiger partial charge is 0.260 e. The first-order chi connectivity index (χ1) is 22.8. The molecule has 3 aromatic rings. The van der Waals surface area contributed by atoms with Crippen molar-refractivity contribution < 1.29 is 19.2 Å². The lowest BCUT2D eigenvalue weighted by Crippen LogP contribution is -2.42. The summed E-state index contributed by atoms with van der Waals surface area (Å²) in [6, 6.07) is 13.2. The summed E-state index contributed by atoms with van der Waals surface area (Å²) >= 11 is 0. The van der Waals surface area contributed by atoms with Crippen LogP contribution in [0.15, 0.2) is 66.9 Å². The lowest BCUT2D eigenvalue weighted by molar-refractivity contribution is -0.132. The summed E-state index contributed by atoms with van der Waals surface area (Å²) in [7, 11) is 1.59. The monoisotopic (exact) mass is 657 g/mol. The molecule has 256 valence electrons. The van der Waals surface area contributed by atoms with E-state index in [4.69, 9.17) is 5.73 Å². The zero-order chi connectivity index (χ0) is 35.4. The molecule has 2 aromatic carbocycles. The first-order valence-electron chi connectivity index (χ1n) is 16.0. The second-order valence-corrected chi connectivity index (χ2v) is 11.9. The number of aromatic nitrogens is 2. The van der Waals surface area contributed by atoms with E-state index in [-0.39, 0.29) is 23.3 Å². The number of nitrogens with two attached hydrogens (primary N) is 1. The van der Waals surface area contributed by atoms with E-state index in [1.165, 1.54) is 17.2 Å². The maximum Gasteiger partial charge on any atom is 0.260 e. The Morgan fingerprint density at radius 3 is 2.17 bits per heavy atom. The average molecular weight is 658 g/mol. The first-order valence-corrected chi connectivity index (χ1v) is 16.0. The predicted molar refractivity (Wildman–Crippen MR) is 190 cm³/mol. The molecule has 0 unspecified atom stereocenters. The molecule has 48 heavy (non-hydrogen) atoms. The minimum Gasteiger partial charge on any atom is -0.369 e. The first kappa shape index (κ1) is 37.2. The Kier molecular flexibility index (Phi) is 13.6. The second-order valence-electron chi connectivity index (χ2n) is 11.9. The molecule has 0 spiro atoms. The summed E-state index contributed by atoms with van der Waals surface area (Å²) in [6.45, 7) is 13.3. The van der Waals surface area contributed by atoms with Crippen LogP contribution in [0.2, 0.25) is 0 Å². The molecule has 0 radical (unpaired) electrons. The number of nitrogens with one attached hydrogen (secondary N) is 4. The van der Waals surface area contributed by atoms with Crippen molar-refractivity contribution >= 4 is 52.5 Å². The van der Waals surface area contributed by atoms with Crippen LogP contribution in [-0.2, 0) is 9.59 Å². The number of carbonyl (C=O) groups excluding carboxylic acids is 4. The Hall–Kier alpha value is -5.30. The third kappa shape index (κ3) is 10.6. The molecule has 4 amide bonds. The van der Waals surface area contributed by atoms with E-state index in [2.05, 4.69) is 63.8 Å². The van der Waals surface area contributed by atoms with Gasteiger partial charge >= 0.3 is 0 Å². The third-order valence-corrected chi connectivity index (χ3v) is 7.60. The van der Waals surface area contributed by atoms with Crippen molar-refractivity contribution in [1.82, 2.24) is 19.8 Å². The van der Waals surface area contributed by atoms with E-state index in [1.807, 2.05) is 13.0 Å². The number of amides is 4. The molecule has 13 nitrogen and oxygen atoms in total. The fraction of sp³-hybridized carbons (Fsp3) is 0.371. The minimum atomic E-state index is -0.746. The maximum atomic E-state index is 13.3. The highest BCUT2D eigenvalue weighted by Crippen LogP contribution is 2.21. The molecule has 1 heterocycles. The number of hydrogen-bond donors (Lipinski definition) is 5. The van der Waals surface area contributed by atoms with Gasteiger partial charge in [0.1, 0.15) is 17.4 Å². The van der Waals surface area contributed by atoms with Crippen LogP contribution in [0.3, 0.4) is 0 Å². The summed E-state index contributed by atoms with van der Waals surface area (Å²) in [5, 5.41) is 11.9. The summed E-state index contributed by atoms with van der Waals surface area (Å²) in [4.78, 5) is 63.0. The fourth-order valence-electron chi connectivity index (χ4n) is 4.73. The molecule has 1 aromatic heterocycles. The van der Waals surface area contributed by atoms with E-state index in [1.54, 1.807) is 62.5 Å². The van der Waals surface area contributed by atoms with Gasteiger partial charge in [-0.1, -0.05) is 19.1 Å². The zero-order valence-corrected chi connectivity index (χ0v) is 28.7. The molecular formula is C35H47N9O4. The van der Waals surface area contributed by atoms with Gasteiger partial charge in [0.25, 0.3) is 5.91 Å². The number of anilines is 5. The summed E-state index contributed by atoms with van der Waals surface area (Å²) in [5.41, 5.74) is 7.44. The van der Waals surface area contributed by atoms with Crippen LogP contribution < -0.4 is 27.0 Å². The molecule has 0 saturated heterocycles. The molecule has 1 atom stereocenters.